The van der Waals surface area contributed by atoms with Crippen LogP contribution in [-0.2, 0) is 6.18 Å². The molecule has 0 spiro atoms. The molecule has 1 aromatic heterocycles. The van der Waals surface area contributed by atoms with Crippen molar-refractivity contribution in [2.75, 3.05) is 0 Å². The van der Waals surface area contributed by atoms with Gasteiger partial charge < -0.3 is 10.2 Å². The predicted molar refractivity (Wildman–Crippen MR) is 75.4 cm³/mol. The maximum Gasteiger partial charge on any atom is 0.416 e. The van der Waals surface area contributed by atoms with Gasteiger partial charge in [-0.1, -0.05) is 19.4 Å². The molecule has 0 saturated heterocycles. The lowest BCUT2D eigenvalue weighted by molar-refractivity contribution is -0.137. The molecule has 2 N–H and O–H groups in total. The number of alkyl halides is 3. The molecule has 2 rings (SSSR count). The largest absolute Gasteiger partial charge is 0.416 e. The van der Waals surface area contributed by atoms with E-state index in [2.05, 4.69) is 10.1 Å². The highest BCUT2D eigenvalue weighted by molar-refractivity contribution is 8.45. The Hall–Kier alpha value is -2.19. The van der Waals surface area contributed by atoms with Crippen molar-refractivity contribution in [1.82, 2.24) is 14.8 Å². The molecule has 0 bridgehead atoms. The number of rotatable bonds is 4. The van der Waals surface area contributed by atoms with E-state index in [4.69, 9.17) is 10.2 Å². The molecule has 14 heteroatoms. The number of aliphatic hydroxyl groups is 2. The first-order valence-corrected chi connectivity index (χ1v) is 8.33. The number of aliphatic hydroxyl groups excluding tert-OH is 1. The van der Waals surface area contributed by atoms with Crippen LogP contribution in [-0.4, -0.2) is 31.3 Å². The second-order valence-corrected chi connectivity index (χ2v) is 7.43. The molecule has 1 aromatic carbocycles. The summed E-state index contributed by atoms with van der Waals surface area (Å²) in [6.07, 6.45) is -4.77. The van der Waals surface area contributed by atoms with Gasteiger partial charge in [0.1, 0.15) is 11.2 Å². The summed E-state index contributed by atoms with van der Waals surface area (Å²) in [5.41, 5.74) is -2.89. The Labute approximate surface area is 139 Å². The first-order chi connectivity index (χ1) is 11.5. The molecule has 0 atom stereocenters. The fourth-order valence-corrected chi connectivity index (χ4v) is 2.46. The molecule has 146 valence electrons. The molecule has 0 amide bonds. The molecule has 1 heterocycles. The molecule has 0 saturated carbocycles. The lowest BCUT2D eigenvalue weighted by Crippen LogP contribution is -2.11. The highest BCUT2D eigenvalue weighted by atomic mass is 32.5. The molecule has 0 aliphatic carbocycles. The van der Waals surface area contributed by atoms with E-state index in [1.807, 2.05) is 0 Å². The lowest BCUT2D eigenvalue weighted by Gasteiger charge is -2.40. The van der Waals surface area contributed by atoms with Crippen molar-refractivity contribution in [3.05, 3.63) is 36.2 Å². The Morgan fingerprint density at radius 1 is 1.04 bits per heavy atom. The summed E-state index contributed by atoms with van der Waals surface area (Å²) in [4.78, 5) is 0.698. The fraction of sp³-hybridized carbons (Fsp3) is 0.167. The third-order valence-electron chi connectivity index (χ3n) is 2.86. The van der Waals surface area contributed by atoms with Crippen molar-refractivity contribution in [1.29, 1.82) is 0 Å². The van der Waals surface area contributed by atoms with Crippen LogP contribution in [0, 0.1) is 0 Å². The molecule has 0 fully saturated rings. The first kappa shape index (κ1) is 20.1. The summed E-state index contributed by atoms with van der Waals surface area (Å²) in [7, 11) is -10.4. The van der Waals surface area contributed by atoms with Crippen molar-refractivity contribution in [3.63, 3.8) is 0 Å². The van der Waals surface area contributed by atoms with Gasteiger partial charge in [0, 0.05) is 11.8 Å². The number of hydrogen-bond donors (Lipinski definition) is 2. The zero-order chi connectivity index (χ0) is 20.0. The molecule has 2 aromatic rings. The van der Waals surface area contributed by atoms with Crippen LogP contribution >= 0.6 is 10.2 Å². The van der Waals surface area contributed by atoms with E-state index in [9.17, 15) is 32.6 Å². The number of benzene rings is 1. The summed E-state index contributed by atoms with van der Waals surface area (Å²) >= 11 is 0. The number of hydrogen-bond acceptors (Lipinski definition) is 4. The Morgan fingerprint density at radius 3 is 2.15 bits per heavy atom. The van der Waals surface area contributed by atoms with Gasteiger partial charge in [0.2, 0.25) is 0 Å². The fourth-order valence-electron chi connectivity index (χ4n) is 1.76. The van der Waals surface area contributed by atoms with Gasteiger partial charge in [0.05, 0.1) is 5.56 Å². The Bertz CT molecular complexity index is 858. The zero-order valence-electron chi connectivity index (χ0n) is 12.2. The number of aromatic nitrogens is 3. The van der Waals surface area contributed by atoms with Gasteiger partial charge in [-0.3, -0.25) is 0 Å². The van der Waals surface area contributed by atoms with Crippen LogP contribution in [0.25, 0.3) is 17.6 Å². The van der Waals surface area contributed by atoms with E-state index in [1.54, 1.807) is 0 Å². The van der Waals surface area contributed by atoms with Crippen molar-refractivity contribution in [3.8, 4) is 11.4 Å². The molecule has 26 heavy (non-hydrogen) atoms. The van der Waals surface area contributed by atoms with Crippen LogP contribution in [0.5, 0.6) is 0 Å². The van der Waals surface area contributed by atoms with Crippen molar-refractivity contribution in [2.24, 2.45) is 0 Å². The first-order valence-electron chi connectivity index (χ1n) is 6.38. The van der Waals surface area contributed by atoms with Crippen LogP contribution in [0.4, 0.5) is 32.6 Å². The Kier molecular flexibility index (Phi) is 4.18. The highest BCUT2D eigenvalue weighted by Crippen LogP contribution is 3.02. The van der Waals surface area contributed by atoms with E-state index < -0.39 is 50.6 Å². The minimum atomic E-state index is -10.4. The van der Waals surface area contributed by atoms with Crippen LogP contribution < -0.4 is 0 Å². The van der Waals surface area contributed by atoms with Gasteiger partial charge >= 0.3 is 16.4 Å². The van der Waals surface area contributed by atoms with Gasteiger partial charge in [0.25, 0.3) is 0 Å². The molecule has 0 radical (unpaired) electrons. The third kappa shape index (κ3) is 4.92. The number of nitrogens with zero attached hydrogens (tertiary/aromatic N) is 3. The van der Waals surface area contributed by atoms with Gasteiger partial charge in [0.15, 0.2) is 12.1 Å². The molecule has 5 nitrogen and oxygen atoms in total. The Balaban J connectivity index is 2.63. The maximum atomic E-state index is 12.9. The van der Waals surface area contributed by atoms with Crippen molar-refractivity contribution < 1.29 is 42.8 Å². The third-order valence-corrected chi connectivity index (χ3v) is 3.98. The van der Waals surface area contributed by atoms with Crippen LogP contribution in [0.2, 0.25) is 0 Å². The zero-order valence-corrected chi connectivity index (χ0v) is 13.0. The summed E-state index contributed by atoms with van der Waals surface area (Å²) in [5, 5.41) is 20.7. The maximum absolute atomic E-state index is 12.9. The second-order valence-electron chi connectivity index (χ2n) is 5.02. The standard InChI is InChI=1S/C12H9F8N3O2S/c13-12(14,15)8-3-7(4-9(5-8)26(16,17,18,19)20)11-21-6-23(22-11)2-1-10(24)25/h1-6,10,24-25H/b2-1-. The monoisotopic (exact) mass is 411 g/mol. The van der Waals surface area contributed by atoms with Crippen LogP contribution in [0.15, 0.2) is 35.5 Å². The van der Waals surface area contributed by atoms with Gasteiger partial charge in [-0.05, 0) is 24.3 Å². The predicted octanol–water partition coefficient (Wildman–Crippen LogP) is 4.40. The average Bonchev–Trinajstić information content (AvgIpc) is 2.90. The van der Waals surface area contributed by atoms with Crippen LogP contribution in [0.3, 0.4) is 0 Å². The molecule has 0 unspecified atom stereocenters. The SMILES string of the molecule is OC(O)/C=C\n1cnc(-c2cc(C(F)(F)F)cc(S(F)(F)(F)(F)F)c2)n1. The highest BCUT2D eigenvalue weighted by Gasteiger charge is 2.66. The summed E-state index contributed by atoms with van der Waals surface area (Å²) in [5.74, 6) is -0.712. The summed E-state index contributed by atoms with van der Waals surface area (Å²) in [6, 6.07) is -0.664. The smallest absolute Gasteiger partial charge is 0.365 e. The molecular formula is C12H9F8N3O2S. The second kappa shape index (κ2) is 5.40. The molecule has 0 aliphatic heterocycles. The summed E-state index contributed by atoms with van der Waals surface area (Å²) in [6.45, 7) is 0. The lowest BCUT2D eigenvalue weighted by atomic mass is 10.1. The van der Waals surface area contributed by atoms with Gasteiger partial charge in [-0.15, -0.1) is 5.10 Å². The van der Waals surface area contributed by atoms with E-state index in [0.29, 0.717) is 0 Å². The van der Waals surface area contributed by atoms with Gasteiger partial charge in [-0.25, -0.2) is 9.67 Å². The van der Waals surface area contributed by atoms with Crippen molar-refractivity contribution >= 4 is 16.4 Å². The van der Waals surface area contributed by atoms with E-state index in [1.165, 1.54) is 0 Å². The van der Waals surface area contributed by atoms with E-state index in [0.717, 1.165) is 23.3 Å². The van der Waals surface area contributed by atoms with Crippen LogP contribution in [0.1, 0.15) is 5.56 Å². The summed E-state index contributed by atoms with van der Waals surface area (Å²) < 4.78 is 104. The Morgan fingerprint density at radius 2 is 1.65 bits per heavy atom. The average molecular weight is 411 g/mol. The minimum Gasteiger partial charge on any atom is -0.365 e. The topological polar surface area (TPSA) is 71.2 Å². The number of halogens is 8. The quantitative estimate of drug-likeness (QED) is 0.578. The van der Waals surface area contributed by atoms with Gasteiger partial charge in [-0.2, -0.15) is 13.2 Å². The molecule has 0 aliphatic rings. The van der Waals surface area contributed by atoms with E-state index in [-0.39, 0.29) is 12.1 Å². The van der Waals surface area contributed by atoms with E-state index >= 15 is 0 Å². The van der Waals surface area contributed by atoms with Crippen molar-refractivity contribution in [2.45, 2.75) is 17.4 Å². The minimum absolute atomic E-state index is 0.179. The molecular weight excluding hydrogens is 402 g/mol. The normalized spacial score (nSPS) is 16.1.